The Morgan fingerprint density at radius 1 is 1.42 bits per heavy atom. The highest BCUT2D eigenvalue weighted by Gasteiger charge is 2.10. The number of halogens is 3. The molecule has 0 unspecified atom stereocenters. The molecule has 0 amide bonds. The Hall–Kier alpha value is -1.17. The Kier molecular flexibility index (Phi) is 4.39. The largest absolute Gasteiger partial charge is 0.438 e. The molecule has 0 fully saturated rings. The second-order valence-electron chi connectivity index (χ2n) is 3.90. The van der Waals surface area contributed by atoms with E-state index in [0.717, 1.165) is 0 Å². The van der Waals surface area contributed by atoms with Crippen molar-refractivity contribution in [3.05, 3.63) is 51.3 Å². The molecule has 6 heteroatoms. The van der Waals surface area contributed by atoms with E-state index in [2.05, 4.69) is 20.9 Å². The van der Waals surface area contributed by atoms with E-state index in [0.29, 0.717) is 15.9 Å². The van der Waals surface area contributed by atoms with Crippen molar-refractivity contribution in [2.45, 2.75) is 13.0 Å². The predicted molar refractivity (Wildman–Crippen MR) is 74.1 cm³/mol. The standard InChI is InChI=1S/C13H10BrClFNO2/c1-7(18)8-2-3-13(17-6-8)19-12-5-11(16)10(15)4-9(12)14/h2-7,18H,1H3/t7-/m0/s1. The topological polar surface area (TPSA) is 42.4 Å². The molecule has 0 aliphatic heterocycles. The summed E-state index contributed by atoms with van der Waals surface area (Å²) in [6.45, 7) is 1.64. The van der Waals surface area contributed by atoms with Crippen molar-refractivity contribution in [2.24, 2.45) is 0 Å². The maximum Gasteiger partial charge on any atom is 0.219 e. The zero-order valence-electron chi connectivity index (χ0n) is 9.90. The lowest BCUT2D eigenvalue weighted by Gasteiger charge is -2.09. The van der Waals surface area contributed by atoms with Crippen LogP contribution in [0, 0.1) is 5.82 Å². The normalized spacial score (nSPS) is 12.3. The van der Waals surface area contributed by atoms with E-state index < -0.39 is 11.9 Å². The number of benzene rings is 1. The van der Waals surface area contributed by atoms with Gasteiger partial charge in [-0.3, -0.25) is 0 Å². The van der Waals surface area contributed by atoms with Crippen LogP contribution in [0.4, 0.5) is 4.39 Å². The minimum Gasteiger partial charge on any atom is -0.438 e. The van der Waals surface area contributed by atoms with Gasteiger partial charge in [-0.15, -0.1) is 0 Å². The van der Waals surface area contributed by atoms with E-state index in [9.17, 15) is 9.50 Å². The fourth-order valence-electron chi connectivity index (χ4n) is 1.39. The number of pyridine rings is 1. The Labute approximate surface area is 123 Å². The van der Waals surface area contributed by atoms with E-state index in [1.54, 1.807) is 19.1 Å². The van der Waals surface area contributed by atoms with Gasteiger partial charge in [-0.25, -0.2) is 9.37 Å². The van der Waals surface area contributed by atoms with Gasteiger partial charge in [-0.2, -0.15) is 0 Å². The average Bonchev–Trinajstić information content (AvgIpc) is 2.36. The third-order valence-electron chi connectivity index (χ3n) is 2.43. The third kappa shape index (κ3) is 3.43. The highest BCUT2D eigenvalue weighted by Crippen LogP contribution is 2.33. The van der Waals surface area contributed by atoms with Gasteiger partial charge in [0.25, 0.3) is 0 Å². The lowest BCUT2D eigenvalue weighted by Crippen LogP contribution is -1.94. The van der Waals surface area contributed by atoms with Gasteiger partial charge in [-0.05, 0) is 40.5 Å². The highest BCUT2D eigenvalue weighted by atomic mass is 79.9. The quantitative estimate of drug-likeness (QED) is 0.833. The van der Waals surface area contributed by atoms with Gasteiger partial charge < -0.3 is 9.84 Å². The van der Waals surface area contributed by atoms with E-state index in [4.69, 9.17) is 16.3 Å². The molecule has 0 radical (unpaired) electrons. The monoisotopic (exact) mass is 345 g/mol. The number of nitrogens with zero attached hydrogens (tertiary/aromatic N) is 1. The van der Waals surface area contributed by atoms with Gasteiger partial charge in [-0.1, -0.05) is 11.6 Å². The maximum absolute atomic E-state index is 13.3. The van der Waals surface area contributed by atoms with Crippen LogP contribution in [0.15, 0.2) is 34.9 Å². The van der Waals surface area contributed by atoms with Crippen molar-refractivity contribution < 1.29 is 14.2 Å². The molecule has 1 N–H and O–H groups in total. The molecule has 1 aromatic heterocycles. The van der Waals surface area contributed by atoms with E-state index in [1.807, 2.05) is 0 Å². The minimum absolute atomic E-state index is 0.0108. The van der Waals surface area contributed by atoms with Gasteiger partial charge in [0.2, 0.25) is 5.88 Å². The zero-order valence-corrected chi connectivity index (χ0v) is 12.2. The Bertz CT molecular complexity index is 590. The van der Waals surface area contributed by atoms with Crippen LogP contribution in [0.5, 0.6) is 11.6 Å². The number of hydrogen-bond donors (Lipinski definition) is 1. The van der Waals surface area contributed by atoms with E-state index in [1.165, 1.54) is 18.3 Å². The number of rotatable bonds is 3. The molecule has 0 bridgehead atoms. The van der Waals surface area contributed by atoms with Gasteiger partial charge in [0, 0.05) is 18.3 Å². The molecule has 0 saturated carbocycles. The first-order chi connectivity index (χ1) is 8.97. The second-order valence-corrected chi connectivity index (χ2v) is 5.17. The molecular formula is C13H10BrClFNO2. The summed E-state index contributed by atoms with van der Waals surface area (Å²) in [7, 11) is 0. The smallest absolute Gasteiger partial charge is 0.219 e. The summed E-state index contributed by atoms with van der Waals surface area (Å²) in [5, 5.41) is 9.37. The summed E-state index contributed by atoms with van der Waals surface area (Å²) >= 11 is 8.87. The van der Waals surface area contributed by atoms with Crippen molar-refractivity contribution in [1.82, 2.24) is 4.98 Å². The molecule has 0 spiro atoms. The van der Waals surface area contributed by atoms with Crippen molar-refractivity contribution >= 4 is 27.5 Å². The number of aliphatic hydroxyl groups is 1. The lowest BCUT2D eigenvalue weighted by molar-refractivity contribution is 0.198. The SMILES string of the molecule is C[C@H](O)c1ccc(Oc2cc(F)c(Cl)cc2Br)nc1. The van der Waals surface area contributed by atoms with E-state index in [-0.39, 0.29) is 10.8 Å². The van der Waals surface area contributed by atoms with Gasteiger partial charge in [0.05, 0.1) is 15.6 Å². The summed E-state index contributed by atoms with van der Waals surface area (Å²) in [5.41, 5.74) is 0.675. The molecule has 0 saturated heterocycles. The number of aromatic nitrogens is 1. The Morgan fingerprint density at radius 2 is 2.16 bits per heavy atom. The molecule has 1 aromatic carbocycles. The van der Waals surface area contributed by atoms with Crippen LogP contribution in [0.3, 0.4) is 0 Å². The molecule has 0 aliphatic rings. The molecular weight excluding hydrogens is 337 g/mol. The third-order valence-corrected chi connectivity index (χ3v) is 3.34. The van der Waals surface area contributed by atoms with Gasteiger partial charge in [0.15, 0.2) is 0 Å². The van der Waals surface area contributed by atoms with Crippen LogP contribution >= 0.6 is 27.5 Å². The fourth-order valence-corrected chi connectivity index (χ4v) is 2.11. The summed E-state index contributed by atoms with van der Waals surface area (Å²) in [6, 6.07) is 5.88. The Balaban J connectivity index is 2.24. The van der Waals surface area contributed by atoms with Crippen molar-refractivity contribution in [1.29, 1.82) is 0 Å². The lowest BCUT2D eigenvalue weighted by atomic mass is 10.2. The van der Waals surface area contributed by atoms with Crippen LogP contribution in [0.2, 0.25) is 5.02 Å². The highest BCUT2D eigenvalue weighted by molar-refractivity contribution is 9.10. The zero-order chi connectivity index (χ0) is 14.0. The summed E-state index contributed by atoms with van der Waals surface area (Å²) in [5.74, 6) is 0.00601. The number of aliphatic hydroxyl groups excluding tert-OH is 1. The minimum atomic E-state index is -0.596. The first-order valence-corrected chi connectivity index (χ1v) is 6.61. The number of hydrogen-bond acceptors (Lipinski definition) is 3. The first-order valence-electron chi connectivity index (χ1n) is 5.44. The number of ether oxygens (including phenoxy) is 1. The predicted octanol–water partition coefficient (Wildman–Crippen LogP) is 4.48. The average molecular weight is 347 g/mol. The summed E-state index contributed by atoms with van der Waals surface area (Å²) in [4.78, 5) is 4.03. The van der Waals surface area contributed by atoms with Crippen LogP contribution in [0.25, 0.3) is 0 Å². The first kappa shape index (κ1) is 14.2. The van der Waals surface area contributed by atoms with Crippen molar-refractivity contribution in [3.63, 3.8) is 0 Å². The fraction of sp³-hybridized carbons (Fsp3) is 0.154. The summed E-state index contributed by atoms with van der Waals surface area (Å²) in [6.07, 6.45) is 0.904. The van der Waals surface area contributed by atoms with Crippen molar-refractivity contribution in [3.8, 4) is 11.6 Å². The van der Waals surface area contributed by atoms with Crippen LogP contribution in [0.1, 0.15) is 18.6 Å². The summed E-state index contributed by atoms with van der Waals surface area (Å²) < 4.78 is 19.3. The van der Waals surface area contributed by atoms with Crippen LogP contribution in [-0.2, 0) is 0 Å². The molecule has 0 aliphatic carbocycles. The molecule has 19 heavy (non-hydrogen) atoms. The Morgan fingerprint density at radius 3 is 2.74 bits per heavy atom. The molecule has 1 heterocycles. The second kappa shape index (κ2) is 5.86. The maximum atomic E-state index is 13.3. The molecule has 100 valence electrons. The van der Waals surface area contributed by atoms with Crippen LogP contribution in [-0.4, -0.2) is 10.1 Å². The molecule has 3 nitrogen and oxygen atoms in total. The molecule has 1 atom stereocenters. The van der Waals surface area contributed by atoms with Gasteiger partial charge in [0.1, 0.15) is 11.6 Å². The van der Waals surface area contributed by atoms with E-state index >= 15 is 0 Å². The van der Waals surface area contributed by atoms with Gasteiger partial charge >= 0.3 is 0 Å². The van der Waals surface area contributed by atoms with Crippen LogP contribution < -0.4 is 4.74 Å². The molecule has 2 aromatic rings. The molecule has 2 rings (SSSR count). The van der Waals surface area contributed by atoms with Crippen molar-refractivity contribution in [2.75, 3.05) is 0 Å².